The van der Waals surface area contributed by atoms with Crippen LogP contribution in [0.1, 0.15) is 11.1 Å². The van der Waals surface area contributed by atoms with E-state index in [0.29, 0.717) is 30.5 Å². The van der Waals surface area contributed by atoms with E-state index in [-0.39, 0.29) is 35.0 Å². The number of aromatic nitrogens is 3. The summed E-state index contributed by atoms with van der Waals surface area (Å²) >= 11 is 0. The summed E-state index contributed by atoms with van der Waals surface area (Å²) in [5, 5.41) is 8.74. The Balaban J connectivity index is 1.81. The highest BCUT2D eigenvalue weighted by molar-refractivity contribution is 5.61. The van der Waals surface area contributed by atoms with Gasteiger partial charge in [0.25, 0.3) is 11.1 Å². The summed E-state index contributed by atoms with van der Waals surface area (Å²) in [6, 6.07) is 8.24. The van der Waals surface area contributed by atoms with E-state index < -0.39 is 11.9 Å². The maximum absolute atomic E-state index is 13.2. The fourth-order valence-electron chi connectivity index (χ4n) is 3.61. The lowest BCUT2D eigenvalue weighted by molar-refractivity contribution is -0.119. The van der Waals surface area contributed by atoms with Crippen LogP contribution in [0, 0.1) is 0 Å². The van der Waals surface area contributed by atoms with E-state index in [1.165, 1.54) is 39.0 Å². The van der Waals surface area contributed by atoms with E-state index in [1.807, 2.05) is 0 Å². The van der Waals surface area contributed by atoms with Crippen molar-refractivity contribution in [2.75, 3.05) is 17.2 Å². The summed E-state index contributed by atoms with van der Waals surface area (Å²) in [7, 11) is 1.59. The molecule has 0 unspecified atom stereocenters. The first-order chi connectivity index (χ1) is 15.7. The molecule has 12 heteroatoms. The van der Waals surface area contributed by atoms with Gasteiger partial charge in [0, 0.05) is 36.6 Å². The zero-order valence-electron chi connectivity index (χ0n) is 17.4. The van der Waals surface area contributed by atoms with Gasteiger partial charge in [-0.1, -0.05) is 0 Å². The molecule has 4 rings (SSSR count). The molecule has 3 heterocycles. The molecular weight excluding hydrogens is 441 g/mol. The molecule has 0 spiro atoms. The lowest BCUT2D eigenvalue weighted by Crippen LogP contribution is -2.38. The number of halogens is 3. The van der Waals surface area contributed by atoms with Crippen molar-refractivity contribution in [1.82, 2.24) is 19.2 Å². The van der Waals surface area contributed by atoms with Crippen LogP contribution in [0.25, 0.3) is 5.69 Å². The van der Waals surface area contributed by atoms with Crippen molar-refractivity contribution in [1.29, 1.82) is 0 Å². The summed E-state index contributed by atoms with van der Waals surface area (Å²) in [5.74, 6) is 0.260. The van der Waals surface area contributed by atoms with Crippen molar-refractivity contribution in [3.63, 3.8) is 0 Å². The molecule has 0 bridgehead atoms. The van der Waals surface area contributed by atoms with E-state index in [1.54, 1.807) is 25.4 Å². The molecule has 0 saturated carbocycles. The van der Waals surface area contributed by atoms with Gasteiger partial charge in [0.05, 0.1) is 12.2 Å². The summed E-state index contributed by atoms with van der Waals surface area (Å²) in [6.07, 6.45) is -2.01. The van der Waals surface area contributed by atoms with Gasteiger partial charge >= 0.3 is 6.30 Å². The van der Waals surface area contributed by atoms with Crippen LogP contribution in [0.5, 0.6) is 0 Å². The average Bonchev–Trinajstić information content (AvgIpc) is 2.78. The minimum Gasteiger partial charge on any atom is -0.340 e. The lowest BCUT2D eigenvalue weighted by Gasteiger charge is -2.27. The van der Waals surface area contributed by atoms with Gasteiger partial charge < -0.3 is 14.8 Å². The topological polar surface area (TPSA) is 101 Å². The Morgan fingerprint density at radius 1 is 1.06 bits per heavy atom. The van der Waals surface area contributed by atoms with Crippen LogP contribution in [-0.4, -0.2) is 38.5 Å². The van der Waals surface area contributed by atoms with E-state index in [9.17, 15) is 27.6 Å². The van der Waals surface area contributed by atoms with Crippen molar-refractivity contribution in [2.45, 2.75) is 19.3 Å². The first-order valence-corrected chi connectivity index (χ1v) is 9.89. The molecule has 2 N–H and O–H groups in total. The monoisotopic (exact) mass is 460 g/mol. The number of benzene rings is 1. The van der Waals surface area contributed by atoms with Crippen molar-refractivity contribution in [3.8, 4) is 5.69 Å². The Bertz CT molecular complexity index is 1310. The molecule has 1 aliphatic heterocycles. The molecule has 2 aromatic heterocycles. The molecular formula is C21H19F3N6O3. The van der Waals surface area contributed by atoms with Crippen LogP contribution < -0.4 is 21.8 Å². The first-order valence-electron chi connectivity index (χ1n) is 9.89. The number of anilines is 3. The SMILES string of the molecule is Cn1cccc(Nc2nn(-c3ccc(NC(F)(F)F)cc3)c(=O)c3c2CCN(C=O)C3)c1=O. The van der Waals surface area contributed by atoms with Crippen LogP contribution in [0.3, 0.4) is 0 Å². The summed E-state index contributed by atoms with van der Waals surface area (Å²) in [6.45, 7) is 0.427. The number of hydrogen-bond donors (Lipinski definition) is 2. The third-order valence-electron chi connectivity index (χ3n) is 5.23. The average molecular weight is 460 g/mol. The molecule has 3 aromatic rings. The van der Waals surface area contributed by atoms with E-state index >= 15 is 0 Å². The summed E-state index contributed by atoms with van der Waals surface area (Å²) in [4.78, 5) is 38.4. The molecule has 1 amide bonds. The second-order valence-electron chi connectivity index (χ2n) is 7.48. The minimum atomic E-state index is -4.60. The van der Waals surface area contributed by atoms with Gasteiger partial charge in [-0.15, -0.1) is 5.10 Å². The quantitative estimate of drug-likeness (QED) is 0.447. The number of carbonyl (C=O) groups excluding carboxylic acids is 1. The second kappa shape index (κ2) is 8.45. The predicted octanol–water partition coefficient (Wildman–Crippen LogP) is 2.12. The van der Waals surface area contributed by atoms with Gasteiger partial charge in [0.15, 0.2) is 5.82 Å². The number of carbonyl (C=O) groups is 1. The summed E-state index contributed by atoms with van der Waals surface area (Å²) in [5.41, 5.74) is 0.353. The van der Waals surface area contributed by atoms with Crippen molar-refractivity contribution >= 4 is 23.6 Å². The standard InChI is InChI=1S/C21H19F3N6O3/c1-28-9-2-3-17(20(28)33)25-18-15-8-10-29(12-31)11-16(15)19(32)30(27-18)14-6-4-13(5-7-14)26-21(22,23)24/h2-7,9,12,26H,8,10-11H2,1H3,(H,25,27). The van der Waals surface area contributed by atoms with E-state index in [2.05, 4.69) is 10.4 Å². The Hall–Kier alpha value is -4.09. The molecule has 1 aromatic carbocycles. The number of nitrogens with one attached hydrogen (secondary N) is 2. The number of hydrogen-bond acceptors (Lipinski definition) is 6. The van der Waals surface area contributed by atoms with E-state index in [4.69, 9.17) is 0 Å². The van der Waals surface area contributed by atoms with Gasteiger partial charge in [-0.05, 0) is 42.8 Å². The number of rotatable bonds is 5. The molecule has 0 fully saturated rings. The number of pyridine rings is 1. The van der Waals surface area contributed by atoms with Gasteiger partial charge in [-0.3, -0.25) is 19.7 Å². The molecule has 0 saturated heterocycles. The van der Waals surface area contributed by atoms with Crippen molar-refractivity contribution < 1.29 is 18.0 Å². The highest BCUT2D eigenvalue weighted by Crippen LogP contribution is 2.25. The van der Waals surface area contributed by atoms with Gasteiger partial charge in [0.1, 0.15) is 5.69 Å². The molecule has 33 heavy (non-hydrogen) atoms. The number of amides is 1. The third-order valence-corrected chi connectivity index (χ3v) is 5.23. The van der Waals surface area contributed by atoms with Crippen LogP contribution in [-0.2, 0) is 24.8 Å². The zero-order chi connectivity index (χ0) is 23.8. The zero-order valence-corrected chi connectivity index (χ0v) is 17.4. The highest BCUT2D eigenvalue weighted by Gasteiger charge is 2.27. The number of fused-ring (bicyclic) bond motifs is 1. The minimum absolute atomic E-state index is 0.0510. The molecule has 9 nitrogen and oxygen atoms in total. The van der Waals surface area contributed by atoms with Crippen molar-refractivity contribution in [2.24, 2.45) is 7.05 Å². The smallest absolute Gasteiger partial charge is 0.340 e. The molecule has 0 radical (unpaired) electrons. The van der Waals surface area contributed by atoms with Crippen LogP contribution >= 0.6 is 0 Å². The fourth-order valence-corrected chi connectivity index (χ4v) is 3.61. The third kappa shape index (κ3) is 4.59. The number of nitrogens with zero attached hydrogens (tertiary/aromatic N) is 4. The second-order valence-corrected chi connectivity index (χ2v) is 7.48. The Morgan fingerprint density at radius 2 is 1.79 bits per heavy atom. The van der Waals surface area contributed by atoms with Crippen LogP contribution in [0.4, 0.5) is 30.4 Å². The highest BCUT2D eigenvalue weighted by atomic mass is 19.4. The van der Waals surface area contributed by atoms with Crippen LogP contribution in [0.15, 0.2) is 52.2 Å². The number of aryl methyl sites for hydroxylation is 1. The first kappa shape index (κ1) is 22.1. The fraction of sp³-hybridized carbons (Fsp3) is 0.238. The Morgan fingerprint density at radius 3 is 2.45 bits per heavy atom. The predicted molar refractivity (Wildman–Crippen MR) is 115 cm³/mol. The number of alkyl halides is 3. The molecule has 172 valence electrons. The van der Waals surface area contributed by atoms with Gasteiger partial charge in [-0.25, -0.2) is 0 Å². The Kier molecular flexibility index (Phi) is 5.66. The molecule has 0 atom stereocenters. The largest absolute Gasteiger partial charge is 0.482 e. The van der Waals surface area contributed by atoms with E-state index in [0.717, 1.165) is 4.68 Å². The maximum Gasteiger partial charge on any atom is 0.482 e. The van der Waals surface area contributed by atoms with Gasteiger partial charge in [0.2, 0.25) is 6.41 Å². The lowest BCUT2D eigenvalue weighted by atomic mass is 10.0. The molecule has 0 aliphatic carbocycles. The van der Waals surface area contributed by atoms with Crippen LogP contribution in [0.2, 0.25) is 0 Å². The Labute approximate surface area is 185 Å². The summed E-state index contributed by atoms with van der Waals surface area (Å²) < 4.78 is 40.1. The van der Waals surface area contributed by atoms with Gasteiger partial charge in [-0.2, -0.15) is 17.9 Å². The normalized spacial score (nSPS) is 13.4. The maximum atomic E-state index is 13.2. The van der Waals surface area contributed by atoms with Crippen molar-refractivity contribution in [3.05, 3.63) is 74.4 Å². The molecule has 1 aliphatic rings.